The van der Waals surface area contributed by atoms with E-state index < -0.39 is 23.4 Å². The number of hydrogen-bond donors (Lipinski definition) is 1. The first kappa shape index (κ1) is 22.4. The summed E-state index contributed by atoms with van der Waals surface area (Å²) >= 11 is 2.65. The van der Waals surface area contributed by atoms with Crippen LogP contribution in [0.15, 0.2) is 53.9 Å². The number of carbonyl (C=O) groups is 2. The highest BCUT2D eigenvalue weighted by Crippen LogP contribution is 2.45. The van der Waals surface area contributed by atoms with Gasteiger partial charge < -0.3 is 10.6 Å². The fraction of sp³-hybridized carbons (Fsp3) is 0.120. The quantitative estimate of drug-likeness (QED) is 0.273. The molecule has 2 aromatic carbocycles. The third-order valence-electron chi connectivity index (χ3n) is 5.70. The number of ketones is 1. The number of nitrogens with zero attached hydrogens (tertiary/aromatic N) is 1. The molecule has 172 valence electrons. The number of nitrogen functional groups attached to an aromatic ring is 1. The molecule has 1 amide bonds. The van der Waals surface area contributed by atoms with Gasteiger partial charge in [0.2, 0.25) is 0 Å². The molecule has 0 spiro atoms. The van der Waals surface area contributed by atoms with Crippen LogP contribution in [0.1, 0.15) is 31.2 Å². The van der Waals surface area contributed by atoms with E-state index in [1.165, 1.54) is 45.8 Å². The molecular formula is C25H17F3N2O2S2. The van der Waals surface area contributed by atoms with Crippen LogP contribution in [-0.2, 0) is 12.8 Å². The van der Waals surface area contributed by atoms with Crippen LogP contribution in [0.25, 0.3) is 9.75 Å². The van der Waals surface area contributed by atoms with Crippen molar-refractivity contribution in [3.63, 3.8) is 0 Å². The minimum Gasteiger partial charge on any atom is -0.399 e. The summed E-state index contributed by atoms with van der Waals surface area (Å²) < 4.78 is 42.5. The zero-order chi connectivity index (χ0) is 24.0. The van der Waals surface area contributed by atoms with Crippen molar-refractivity contribution in [1.82, 2.24) is 0 Å². The van der Waals surface area contributed by atoms with Crippen molar-refractivity contribution in [1.29, 1.82) is 0 Å². The summed E-state index contributed by atoms with van der Waals surface area (Å²) in [6.45, 7) is 0.283. The smallest absolute Gasteiger partial charge is 0.261 e. The number of nitrogens with two attached hydrogens (primary N) is 1. The highest BCUT2D eigenvalue weighted by atomic mass is 32.1. The highest BCUT2D eigenvalue weighted by Gasteiger charge is 2.30. The van der Waals surface area contributed by atoms with Crippen LogP contribution < -0.4 is 10.6 Å². The van der Waals surface area contributed by atoms with E-state index in [1.807, 2.05) is 5.38 Å². The number of anilines is 2. The van der Waals surface area contributed by atoms with Crippen molar-refractivity contribution >= 4 is 45.7 Å². The first-order valence-corrected chi connectivity index (χ1v) is 12.1. The summed E-state index contributed by atoms with van der Waals surface area (Å²) in [5, 5.41) is 1.83. The fourth-order valence-corrected chi connectivity index (χ4v) is 6.23. The molecule has 1 aliphatic rings. The van der Waals surface area contributed by atoms with Gasteiger partial charge in [0, 0.05) is 24.2 Å². The van der Waals surface area contributed by atoms with Gasteiger partial charge in [-0.2, -0.15) is 0 Å². The van der Waals surface area contributed by atoms with Gasteiger partial charge in [-0.25, -0.2) is 13.2 Å². The second-order valence-corrected chi connectivity index (χ2v) is 9.81. The summed E-state index contributed by atoms with van der Waals surface area (Å²) in [4.78, 5) is 29.6. The number of rotatable bonds is 4. The molecule has 9 heteroatoms. The Kier molecular flexibility index (Phi) is 5.75. The molecule has 0 radical (unpaired) electrons. The zero-order valence-electron chi connectivity index (χ0n) is 17.6. The topological polar surface area (TPSA) is 63.4 Å². The van der Waals surface area contributed by atoms with Gasteiger partial charge in [0.15, 0.2) is 5.78 Å². The van der Waals surface area contributed by atoms with Crippen molar-refractivity contribution in [2.24, 2.45) is 0 Å². The maximum absolute atomic E-state index is 14.4. The molecule has 1 aliphatic heterocycles. The highest BCUT2D eigenvalue weighted by molar-refractivity contribution is 7.23. The van der Waals surface area contributed by atoms with Crippen LogP contribution in [0.5, 0.6) is 0 Å². The van der Waals surface area contributed by atoms with Gasteiger partial charge in [0.1, 0.15) is 17.5 Å². The summed E-state index contributed by atoms with van der Waals surface area (Å²) in [6.07, 6.45) is 0.0626. The van der Waals surface area contributed by atoms with E-state index in [4.69, 9.17) is 5.73 Å². The second kappa shape index (κ2) is 8.73. The monoisotopic (exact) mass is 498 g/mol. The Labute approximate surface area is 201 Å². The average Bonchev–Trinajstić information content (AvgIpc) is 3.41. The van der Waals surface area contributed by atoms with Gasteiger partial charge >= 0.3 is 0 Å². The van der Waals surface area contributed by atoms with Crippen LogP contribution in [0.2, 0.25) is 0 Å². The van der Waals surface area contributed by atoms with E-state index in [2.05, 4.69) is 0 Å². The molecule has 0 fully saturated rings. The third kappa shape index (κ3) is 3.91. The predicted octanol–water partition coefficient (Wildman–Crippen LogP) is 6.10. The number of halogens is 3. The Bertz CT molecular complexity index is 1420. The van der Waals surface area contributed by atoms with E-state index in [9.17, 15) is 22.8 Å². The molecule has 0 atom stereocenters. The summed E-state index contributed by atoms with van der Waals surface area (Å²) in [5.41, 5.74) is 7.01. The summed E-state index contributed by atoms with van der Waals surface area (Å²) in [6, 6.07) is 11.0. The predicted molar refractivity (Wildman–Crippen MR) is 128 cm³/mol. The largest absolute Gasteiger partial charge is 0.399 e. The summed E-state index contributed by atoms with van der Waals surface area (Å²) in [5.74, 6) is -3.04. The van der Waals surface area contributed by atoms with Gasteiger partial charge in [-0.1, -0.05) is 6.07 Å². The minimum absolute atomic E-state index is 0.0700. The van der Waals surface area contributed by atoms with Crippen LogP contribution in [0.3, 0.4) is 0 Å². The van der Waals surface area contributed by atoms with Crippen LogP contribution in [0.4, 0.5) is 24.5 Å². The Hall–Kier alpha value is -3.43. The molecule has 3 heterocycles. The lowest BCUT2D eigenvalue weighted by Gasteiger charge is -2.21. The SMILES string of the molecule is Nc1ccc(C(=O)N2CCc3cc(C(=O)Cc4c(F)cccc4F)sc3-c3sccc32)c(F)c1. The van der Waals surface area contributed by atoms with Crippen LogP contribution in [0, 0.1) is 17.5 Å². The second-order valence-electron chi connectivity index (χ2n) is 7.85. The molecule has 0 unspecified atom stereocenters. The molecular weight excluding hydrogens is 481 g/mol. The van der Waals surface area contributed by atoms with Crippen molar-refractivity contribution in [3.05, 3.63) is 92.9 Å². The third-order valence-corrected chi connectivity index (χ3v) is 7.98. The average molecular weight is 499 g/mol. The Morgan fingerprint density at radius 3 is 2.47 bits per heavy atom. The standard InChI is InChI=1S/C25H17F3N2O2S2/c26-17-2-1-3-18(27)16(17)12-21(31)22-10-13-6-8-30(20-7-9-33-24(20)23(13)34-22)25(32)15-5-4-14(29)11-19(15)28/h1-5,7,9-11H,6,8,12,29H2. The molecule has 2 aromatic heterocycles. The normalized spacial score (nSPS) is 12.7. The van der Waals surface area contributed by atoms with E-state index >= 15 is 0 Å². The lowest BCUT2D eigenvalue weighted by Crippen LogP contribution is -2.32. The lowest BCUT2D eigenvalue weighted by atomic mass is 10.1. The maximum atomic E-state index is 14.4. The first-order valence-electron chi connectivity index (χ1n) is 10.4. The molecule has 5 rings (SSSR count). The Morgan fingerprint density at radius 1 is 0.971 bits per heavy atom. The van der Waals surface area contributed by atoms with Crippen molar-refractivity contribution in [2.75, 3.05) is 17.2 Å². The molecule has 0 bridgehead atoms. The van der Waals surface area contributed by atoms with Crippen molar-refractivity contribution < 1.29 is 22.8 Å². The molecule has 0 saturated heterocycles. The van der Waals surface area contributed by atoms with E-state index in [0.29, 0.717) is 17.0 Å². The van der Waals surface area contributed by atoms with Crippen molar-refractivity contribution in [2.45, 2.75) is 12.8 Å². The molecule has 4 nitrogen and oxygen atoms in total. The van der Waals surface area contributed by atoms with E-state index in [1.54, 1.807) is 12.1 Å². The van der Waals surface area contributed by atoms with Gasteiger partial charge in [0.05, 0.1) is 25.9 Å². The minimum atomic E-state index is -0.754. The lowest BCUT2D eigenvalue weighted by molar-refractivity contribution is 0.0979. The first-order chi connectivity index (χ1) is 16.3. The number of fused-ring (bicyclic) bond motifs is 3. The van der Waals surface area contributed by atoms with Gasteiger partial charge in [-0.3, -0.25) is 9.59 Å². The van der Waals surface area contributed by atoms with Crippen LogP contribution >= 0.6 is 22.7 Å². The number of benzene rings is 2. The van der Waals surface area contributed by atoms with Gasteiger partial charge in [-0.05, 0) is 59.8 Å². The number of hydrogen-bond acceptors (Lipinski definition) is 5. The maximum Gasteiger partial charge on any atom is 0.261 e. The van der Waals surface area contributed by atoms with E-state index in [-0.39, 0.29) is 35.6 Å². The molecule has 0 saturated carbocycles. The van der Waals surface area contributed by atoms with Crippen LogP contribution in [-0.4, -0.2) is 18.2 Å². The Morgan fingerprint density at radius 2 is 1.74 bits per heavy atom. The number of thiophene rings is 2. The summed E-state index contributed by atoms with van der Waals surface area (Å²) in [7, 11) is 0. The number of amides is 1. The fourth-order valence-electron chi connectivity index (χ4n) is 3.99. The van der Waals surface area contributed by atoms with Crippen molar-refractivity contribution in [3.8, 4) is 9.75 Å². The Balaban J connectivity index is 1.47. The molecule has 2 N–H and O–H groups in total. The van der Waals surface area contributed by atoms with Gasteiger partial charge in [-0.15, -0.1) is 22.7 Å². The van der Waals surface area contributed by atoms with E-state index in [0.717, 1.165) is 33.5 Å². The molecule has 34 heavy (non-hydrogen) atoms. The number of carbonyl (C=O) groups excluding carboxylic acids is 2. The molecule has 0 aliphatic carbocycles. The zero-order valence-corrected chi connectivity index (χ0v) is 19.2. The molecule has 4 aromatic rings. The number of Topliss-reactive ketones (excluding diaryl/α,β-unsaturated/α-hetero) is 1. The van der Waals surface area contributed by atoms with Gasteiger partial charge in [0.25, 0.3) is 5.91 Å².